The van der Waals surface area contributed by atoms with Crippen LogP contribution < -0.4 is 10.6 Å². The number of benzene rings is 1. The van der Waals surface area contributed by atoms with Crippen molar-refractivity contribution in [2.75, 3.05) is 6.54 Å². The molecule has 2 atom stereocenters. The maximum Gasteiger partial charge on any atom is 0.408 e. The summed E-state index contributed by atoms with van der Waals surface area (Å²) < 4.78 is 5.00. The monoisotopic (exact) mass is 383 g/mol. The fraction of sp³-hybridized carbons (Fsp3) is 0.375. The van der Waals surface area contributed by atoms with Crippen molar-refractivity contribution in [2.45, 2.75) is 31.6 Å². The summed E-state index contributed by atoms with van der Waals surface area (Å²) in [7, 11) is 0. The molecule has 0 spiro atoms. The largest absolute Gasteiger partial charge is 0.481 e. The van der Waals surface area contributed by atoms with E-state index in [1.807, 2.05) is 6.07 Å². The van der Waals surface area contributed by atoms with Crippen LogP contribution in [-0.4, -0.2) is 46.9 Å². The zero-order valence-electron chi connectivity index (χ0n) is 13.7. The Morgan fingerprint density at radius 1 is 1.35 bits per heavy atom. The Morgan fingerprint density at radius 2 is 2.08 bits per heavy atom. The number of carboxylic acids is 1. The minimum Gasteiger partial charge on any atom is -0.481 e. The molecule has 10 heteroatoms. The minimum atomic E-state index is -1.28. The quantitative estimate of drug-likeness (QED) is 0.619. The van der Waals surface area contributed by atoms with E-state index in [0.29, 0.717) is 6.42 Å². The molecule has 0 aliphatic carbocycles. The number of halogens is 1. The smallest absolute Gasteiger partial charge is 0.408 e. The van der Waals surface area contributed by atoms with Crippen LogP contribution in [0.5, 0.6) is 0 Å². The number of rotatable bonds is 8. The average molecular weight is 384 g/mol. The molecule has 0 saturated carbocycles. The molecular weight excluding hydrogens is 366 g/mol. The van der Waals surface area contributed by atoms with E-state index < -0.39 is 36.5 Å². The van der Waals surface area contributed by atoms with Crippen molar-refractivity contribution in [3.8, 4) is 0 Å². The summed E-state index contributed by atoms with van der Waals surface area (Å²) in [6.07, 6.45) is -1.56. The van der Waals surface area contributed by atoms with E-state index in [0.717, 1.165) is 5.56 Å². The van der Waals surface area contributed by atoms with Gasteiger partial charge < -0.3 is 25.3 Å². The van der Waals surface area contributed by atoms with E-state index in [2.05, 4.69) is 15.8 Å². The van der Waals surface area contributed by atoms with Crippen LogP contribution in [0.15, 0.2) is 35.5 Å². The highest BCUT2D eigenvalue weighted by atomic mass is 35.5. The highest BCUT2D eigenvalue weighted by Crippen LogP contribution is 2.11. The standard InChI is InChI=1S/C16H18ClN3O6/c17-13-6-11(26-20-13)8-18-15(23)12(7-14(21)22)19-16(24)25-9-10-4-2-1-3-5-10/h1-5,11-12H,6-9H2,(H,18,23)(H,19,24)(H,21,22)/t11?,12-/m0/s1. The molecule has 1 aliphatic rings. The van der Waals surface area contributed by atoms with E-state index in [1.54, 1.807) is 24.3 Å². The summed E-state index contributed by atoms with van der Waals surface area (Å²) in [4.78, 5) is 39.9. The highest BCUT2D eigenvalue weighted by molar-refractivity contribution is 6.65. The van der Waals surface area contributed by atoms with Gasteiger partial charge in [0.2, 0.25) is 5.91 Å². The zero-order valence-corrected chi connectivity index (χ0v) is 14.4. The van der Waals surface area contributed by atoms with Gasteiger partial charge >= 0.3 is 12.1 Å². The van der Waals surface area contributed by atoms with Crippen molar-refractivity contribution in [2.24, 2.45) is 5.16 Å². The predicted molar refractivity (Wildman–Crippen MR) is 91.6 cm³/mol. The molecular formula is C16H18ClN3O6. The van der Waals surface area contributed by atoms with Crippen LogP contribution in [0.25, 0.3) is 0 Å². The molecule has 26 heavy (non-hydrogen) atoms. The first kappa shape index (κ1) is 19.5. The van der Waals surface area contributed by atoms with E-state index in [9.17, 15) is 14.4 Å². The molecule has 140 valence electrons. The predicted octanol–water partition coefficient (Wildman–Crippen LogP) is 1.21. The van der Waals surface area contributed by atoms with Gasteiger partial charge in [-0.05, 0) is 5.56 Å². The molecule has 0 fully saturated rings. The lowest BCUT2D eigenvalue weighted by Crippen LogP contribution is -2.49. The molecule has 1 heterocycles. The summed E-state index contributed by atoms with van der Waals surface area (Å²) in [5.41, 5.74) is 0.761. The van der Waals surface area contributed by atoms with Crippen molar-refractivity contribution >= 4 is 34.7 Å². The van der Waals surface area contributed by atoms with Gasteiger partial charge in [0, 0.05) is 6.42 Å². The van der Waals surface area contributed by atoms with Crippen LogP contribution in [-0.2, 0) is 25.8 Å². The van der Waals surface area contributed by atoms with Crippen molar-refractivity contribution < 1.29 is 29.1 Å². The molecule has 3 N–H and O–H groups in total. The summed E-state index contributed by atoms with van der Waals surface area (Å²) in [6.45, 7) is 0.0786. The number of oxime groups is 1. The molecule has 0 saturated heterocycles. The number of alkyl carbamates (subject to hydrolysis) is 1. The molecule has 0 bridgehead atoms. The van der Waals surface area contributed by atoms with Gasteiger partial charge in [0.15, 0.2) is 6.10 Å². The molecule has 0 radical (unpaired) electrons. The third kappa shape index (κ3) is 6.60. The molecule has 1 aromatic carbocycles. The SMILES string of the molecule is O=C(O)C[C@H](NC(=O)OCc1ccccc1)C(=O)NCC1CC(Cl)=NO1. The van der Waals surface area contributed by atoms with E-state index in [4.69, 9.17) is 26.3 Å². The van der Waals surface area contributed by atoms with Crippen molar-refractivity contribution in [1.82, 2.24) is 10.6 Å². The summed E-state index contributed by atoms with van der Waals surface area (Å²) >= 11 is 5.67. The van der Waals surface area contributed by atoms with Gasteiger partial charge in [-0.1, -0.05) is 47.1 Å². The number of hydrogen-bond donors (Lipinski definition) is 3. The maximum absolute atomic E-state index is 12.2. The number of hydrogen-bond acceptors (Lipinski definition) is 6. The summed E-state index contributed by atoms with van der Waals surface area (Å²) in [5.74, 6) is -1.91. The molecule has 1 aromatic rings. The number of ether oxygens (including phenoxy) is 1. The van der Waals surface area contributed by atoms with Gasteiger partial charge in [-0.2, -0.15) is 0 Å². The van der Waals surface area contributed by atoms with Crippen LogP contribution >= 0.6 is 11.6 Å². The van der Waals surface area contributed by atoms with Crippen molar-refractivity contribution in [1.29, 1.82) is 0 Å². The fourth-order valence-corrected chi connectivity index (χ4v) is 2.34. The van der Waals surface area contributed by atoms with E-state index in [-0.39, 0.29) is 18.3 Å². The van der Waals surface area contributed by atoms with Gasteiger partial charge in [0.05, 0.1) is 13.0 Å². The Balaban J connectivity index is 1.81. The third-order valence-electron chi connectivity index (χ3n) is 3.40. The van der Waals surface area contributed by atoms with Gasteiger partial charge in [0.25, 0.3) is 0 Å². The second kappa shape index (κ2) is 9.62. The lowest BCUT2D eigenvalue weighted by molar-refractivity contribution is -0.139. The zero-order chi connectivity index (χ0) is 18.9. The lowest BCUT2D eigenvalue weighted by atomic mass is 10.2. The van der Waals surface area contributed by atoms with E-state index in [1.165, 1.54) is 0 Å². The first-order chi connectivity index (χ1) is 12.4. The van der Waals surface area contributed by atoms with Crippen LogP contribution in [0.2, 0.25) is 0 Å². The Hall–Kier alpha value is -2.81. The fourth-order valence-electron chi connectivity index (χ4n) is 2.13. The lowest BCUT2D eigenvalue weighted by Gasteiger charge is -2.17. The minimum absolute atomic E-state index is 0.000163. The van der Waals surface area contributed by atoms with Crippen molar-refractivity contribution in [3.63, 3.8) is 0 Å². The average Bonchev–Trinajstić information content (AvgIpc) is 3.03. The maximum atomic E-state index is 12.2. The van der Waals surface area contributed by atoms with Crippen molar-refractivity contribution in [3.05, 3.63) is 35.9 Å². The number of nitrogens with one attached hydrogen (secondary N) is 2. The first-order valence-electron chi connectivity index (χ1n) is 7.79. The second-order valence-electron chi connectivity index (χ2n) is 5.50. The highest BCUT2D eigenvalue weighted by Gasteiger charge is 2.26. The van der Waals surface area contributed by atoms with Crippen LogP contribution in [0.3, 0.4) is 0 Å². The summed E-state index contributed by atoms with van der Waals surface area (Å²) in [6, 6.07) is 7.65. The Labute approximate surface area is 154 Å². The molecule has 1 aliphatic heterocycles. The first-order valence-corrected chi connectivity index (χ1v) is 8.16. The number of nitrogens with zero attached hydrogens (tertiary/aromatic N) is 1. The molecule has 2 rings (SSSR count). The Bertz CT molecular complexity index is 682. The van der Waals surface area contributed by atoms with Gasteiger partial charge in [-0.25, -0.2) is 4.79 Å². The second-order valence-corrected chi connectivity index (χ2v) is 5.94. The Morgan fingerprint density at radius 3 is 2.69 bits per heavy atom. The van der Waals surface area contributed by atoms with Gasteiger partial charge in [0.1, 0.15) is 17.8 Å². The normalized spacial score (nSPS) is 16.8. The number of amides is 2. The molecule has 9 nitrogen and oxygen atoms in total. The van der Waals surface area contributed by atoms with Gasteiger partial charge in [-0.3, -0.25) is 9.59 Å². The Kier molecular flexibility index (Phi) is 7.22. The number of carbonyl (C=O) groups is 3. The topological polar surface area (TPSA) is 126 Å². The number of carboxylic acid groups (broad SMARTS) is 1. The molecule has 1 unspecified atom stereocenters. The third-order valence-corrected chi connectivity index (χ3v) is 3.62. The summed E-state index contributed by atoms with van der Waals surface area (Å²) in [5, 5.41) is 17.5. The van der Waals surface area contributed by atoms with Crippen LogP contribution in [0, 0.1) is 0 Å². The molecule has 0 aromatic heterocycles. The van der Waals surface area contributed by atoms with Gasteiger partial charge in [-0.15, -0.1) is 0 Å². The van der Waals surface area contributed by atoms with Crippen LogP contribution in [0.4, 0.5) is 4.79 Å². The van der Waals surface area contributed by atoms with Crippen LogP contribution in [0.1, 0.15) is 18.4 Å². The van der Waals surface area contributed by atoms with E-state index >= 15 is 0 Å². The number of carbonyl (C=O) groups excluding carboxylic acids is 2. The molecule has 2 amide bonds. The number of aliphatic carboxylic acids is 1.